The Hall–Kier alpha value is -2.85. The van der Waals surface area contributed by atoms with Gasteiger partial charge in [0.2, 0.25) is 10.0 Å². The van der Waals surface area contributed by atoms with Gasteiger partial charge in [0.05, 0.1) is 24.0 Å². The average Bonchev–Trinajstić information content (AvgIpc) is 3.02. The summed E-state index contributed by atoms with van der Waals surface area (Å²) in [6, 6.07) is 13.1. The van der Waals surface area contributed by atoms with Crippen molar-refractivity contribution in [2.24, 2.45) is 0 Å². The van der Waals surface area contributed by atoms with E-state index in [0.717, 1.165) is 11.3 Å². The molecule has 1 aliphatic rings. The van der Waals surface area contributed by atoms with Crippen molar-refractivity contribution in [2.75, 3.05) is 6.61 Å². The van der Waals surface area contributed by atoms with Gasteiger partial charge in [0.15, 0.2) is 0 Å². The van der Waals surface area contributed by atoms with Gasteiger partial charge in [-0.2, -0.15) is 5.26 Å². The molecule has 0 aromatic heterocycles. The Kier molecular flexibility index (Phi) is 4.23. The molecule has 0 radical (unpaired) electrons. The summed E-state index contributed by atoms with van der Waals surface area (Å²) in [5, 5.41) is 9.02. The highest BCUT2D eigenvalue weighted by Crippen LogP contribution is 2.25. The van der Waals surface area contributed by atoms with E-state index in [1.165, 1.54) is 12.1 Å². The number of fused-ring (bicyclic) bond motifs is 1. The van der Waals surface area contributed by atoms with Gasteiger partial charge >= 0.3 is 0 Å². The maximum atomic E-state index is 12.2. The number of nitrogens with one attached hydrogen (secondary N) is 1. The monoisotopic (exact) mass is 342 g/mol. The first-order chi connectivity index (χ1) is 11.5. The fourth-order valence-corrected chi connectivity index (χ4v) is 3.66. The number of rotatable bonds is 4. The Balaban J connectivity index is 1.77. The van der Waals surface area contributed by atoms with Gasteiger partial charge in [-0.05, 0) is 35.4 Å². The minimum atomic E-state index is -3.91. The molecule has 1 amide bonds. The van der Waals surface area contributed by atoms with E-state index >= 15 is 0 Å². The fourth-order valence-electron chi connectivity index (χ4n) is 2.52. The number of carbonyl (C=O) groups is 1. The number of benzene rings is 2. The van der Waals surface area contributed by atoms with E-state index in [2.05, 4.69) is 0 Å². The minimum absolute atomic E-state index is 0.261. The number of hydrogen-bond donors (Lipinski definition) is 1. The van der Waals surface area contributed by atoms with Crippen molar-refractivity contribution in [2.45, 2.75) is 12.2 Å². The Labute approximate surface area is 139 Å². The first-order valence-corrected chi connectivity index (χ1v) is 8.92. The molecule has 6 nitrogen and oxygen atoms in total. The Morgan fingerprint density at radius 2 is 2.04 bits per heavy atom. The molecule has 1 aliphatic heterocycles. The minimum Gasteiger partial charge on any atom is -0.493 e. The smallest absolute Gasteiger partial charge is 0.264 e. The number of hydrogen-bond acceptors (Lipinski definition) is 5. The Morgan fingerprint density at radius 3 is 2.83 bits per heavy atom. The molecule has 0 bridgehead atoms. The van der Waals surface area contributed by atoms with Crippen LogP contribution < -0.4 is 9.46 Å². The lowest BCUT2D eigenvalue weighted by Gasteiger charge is -2.09. The molecule has 0 saturated carbocycles. The van der Waals surface area contributed by atoms with Crippen molar-refractivity contribution in [3.8, 4) is 11.8 Å². The van der Waals surface area contributed by atoms with Gasteiger partial charge < -0.3 is 4.74 Å². The van der Waals surface area contributed by atoms with Crippen LogP contribution >= 0.6 is 0 Å². The summed E-state index contributed by atoms with van der Waals surface area (Å²) in [7, 11) is -3.91. The standard InChI is InChI=1S/C17H14N2O4S/c18-10-14-3-1-2-4-15(14)11-24(21,22)19-17(20)13-5-6-16-12(9-13)7-8-23-16/h1-6,9H,7-8,11H2,(H,19,20). The summed E-state index contributed by atoms with van der Waals surface area (Å²) >= 11 is 0. The van der Waals surface area contributed by atoms with E-state index in [0.29, 0.717) is 18.6 Å². The van der Waals surface area contributed by atoms with Crippen molar-refractivity contribution >= 4 is 15.9 Å². The molecular weight excluding hydrogens is 328 g/mol. The van der Waals surface area contributed by atoms with E-state index < -0.39 is 21.7 Å². The lowest BCUT2D eigenvalue weighted by molar-refractivity contribution is 0.0981. The Bertz CT molecular complexity index is 945. The van der Waals surface area contributed by atoms with Gasteiger partial charge in [0.1, 0.15) is 5.75 Å². The molecule has 24 heavy (non-hydrogen) atoms. The van der Waals surface area contributed by atoms with Gasteiger partial charge in [0.25, 0.3) is 5.91 Å². The second-order valence-corrected chi connectivity index (χ2v) is 7.10. The summed E-state index contributed by atoms with van der Waals surface area (Å²) < 4.78 is 31.8. The van der Waals surface area contributed by atoms with E-state index in [-0.39, 0.29) is 11.1 Å². The summed E-state index contributed by atoms with van der Waals surface area (Å²) in [6.07, 6.45) is 0.693. The molecule has 0 unspecified atom stereocenters. The van der Waals surface area contributed by atoms with Crippen LogP contribution in [0.3, 0.4) is 0 Å². The first kappa shape index (κ1) is 16.0. The molecule has 0 fully saturated rings. The van der Waals surface area contributed by atoms with Crippen LogP contribution in [0.25, 0.3) is 0 Å². The Morgan fingerprint density at radius 1 is 1.25 bits per heavy atom. The molecule has 2 aromatic rings. The molecule has 3 rings (SSSR count). The van der Waals surface area contributed by atoms with Crippen LogP contribution in [0, 0.1) is 11.3 Å². The van der Waals surface area contributed by atoms with E-state index in [9.17, 15) is 13.2 Å². The predicted octanol–water partition coefficient (Wildman–Crippen LogP) is 1.75. The van der Waals surface area contributed by atoms with Gasteiger partial charge in [-0.25, -0.2) is 13.1 Å². The highest BCUT2D eigenvalue weighted by atomic mass is 32.2. The van der Waals surface area contributed by atoms with Crippen molar-refractivity contribution in [3.05, 3.63) is 64.7 Å². The topological polar surface area (TPSA) is 96.3 Å². The zero-order valence-corrected chi connectivity index (χ0v) is 13.5. The molecule has 0 saturated heterocycles. The van der Waals surface area contributed by atoms with Gasteiger partial charge in [-0.1, -0.05) is 18.2 Å². The molecule has 1 N–H and O–H groups in total. The number of sulfonamides is 1. The van der Waals surface area contributed by atoms with Gasteiger partial charge in [-0.3, -0.25) is 4.79 Å². The quantitative estimate of drug-likeness (QED) is 0.913. The zero-order chi connectivity index (χ0) is 17.2. The van der Waals surface area contributed by atoms with Crippen molar-refractivity contribution in [3.63, 3.8) is 0 Å². The predicted molar refractivity (Wildman–Crippen MR) is 86.9 cm³/mol. The van der Waals surface area contributed by atoms with Crippen LogP contribution in [0.4, 0.5) is 0 Å². The number of carbonyl (C=O) groups excluding carboxylic acids is 1. The number of nitrogens with zero attached hydrogens (tertiary/aromatic N) is 1. The second kappa shape index (κ2) is 6.34. The third kappa shape index (κ3) is 3.39. The van der Waals surface area contributed by atoms with Crippen molar-refractivity contribution in [1.82, 2.24) is 4.72 Å². The first-order valence-electron chi connectivity index (χ1n) is 7.27. The second-order valence-electron chi connectivity index (χ2n) is 5.38. The number of ether oxygens (including phenoxy) is 1. The molecule has 122 valence electrons. The van der Waals surface area contributed by atoms with E-state index in [4.69, 9.17) is 10.00 Å². The third-order valence-corrected chi connectivity index (χ3v) is 4.87. The van der Waals surface area contributed by atoms with Crippen LogP contribution in [0.2, 0.25) is 0 Å². The average molecular weight is 342 g/mol. The summed E-state index contributed by atoms with van der Waals surface area (Å²) in [6.45, 7) is 0.559. The van der Waals surface area contributed by atoms with Crippen LogP contribution in [0.1, 0.15) is 27.0 Å². The molecule has 0 spiro atoms. The normalized spacial score (nSPS) is 12.8. The molecule has 0 aliphatic carbocycles. The molecule has 2 aromatic carbocycles. The highest BCUT2D eigenvalue weighted by molar-refractivity contribution is 7.89. The SMILES string of the molecule is N#Cc1ccccc1CS(=O)(=O)NC(=O)c1ccc2c(c1)CCO2. The number of nitriles is 1. The van der Waals surface area contributed by atoms with Crippen LogP contribution in [0.15, 0.2) is 42.5 Å². The summed E-state index contributed by atoms with van der Waals surface area (Å²) in [5.74, 6) is -0.409. The zero-order valence-electron chi connectivity index (χ0n) is 12.7. The summed E-state index contributed by atoms with van der Waals surface area (Å²) in [4.78, 5) is 12.2. The van der Waals surface area contributed by atoms with Crippen molar-refractivity contribution < 1.29 is 17.9 Å². The number of amides is 1. The highest BCUT2D eigenvalue weighted by Gasteiger charge is 2.20. The van der Waals surface area contributed by atoms with Gasteiger partial charge in [-0.15, -0.1) is 0 Å². The molecule has 0 atom stereocenters. The maximum Gasteiger partial charge on any atom is 0.264 e. The van der Waals surface area contributed by atoms with Crippen LogP contribution in [0.5, 0.6) is 5.75 Å². The molecule has 1 heterocycles. The largest absolute Gasteiger partial charge is 0.493 e. The summed E-state index contributed by atoms with van der Waals surface area (Å²) in [5.41, 5.74) is 1.76. The van der Waals surface area contributed by atoms with E-state index in [1.54, 1.807) is 30.3 Å². The fraction of sp³-hybridized carbons (Fsp3) is 0.176. The molecular formula is C17H14N2O4S. The van der Waals surface area contributed by atoms with Crippen LogP contribution in [-0.2, 0) is 22.2 Å². The lowest BCUT2D eigenvalue weighted by Crippen LogP contribution is -2.31. The molecule has 7 heteroatoms. The lowest BCUT2D eigenvalue weighted by atomic mass is 10.1. The van der Waals surface area contributed by atoms with Gasteiger partial charge in [0, 0.05) is 12.0 Å². The maximum absolute atomic E-state index is 12.2. The van der Waals surface area contributed by atoms with E-state index in [1.807, 2.05) is 10.8 Å². The third-order valence-electron chi connectivity index (χ3n) is 3.68. The van der Waals surface area contributed by atoms with Crippen molar-refractivity contribution in [1.29, 1.82) is 5.26 Å². The van der Waals surface area contributed by atoms with Crippen LogP contribution in [-0.4, -0.2) is 20.9 Å².